The van der Waals surface area contributed by atoms with E-state index in [0.717, 1.165) is 11.4 Å². The van der Waals surface area contributed by atoms with Gasteiger partial charge in [-0.05, 0) is 29.8 Å². The molecule has 5 N–H and O–H groups in total. The van der Waals surface area contributed by atoms with E-state index in [9.17, 15) is 33.6 Å². The molecule has 3 rings (SSSR count). The summed E-state index contributed by atoms with van der Waals surface area (Å²) in [6.07, 6.45) is -6.75. The Morgan fingerprint density at radius 1 is 1.06 bits per heavy atom. The number of carbonyl (C=O) groups excluding carboxylic acids is 1. The first-order valence-corrected chi connectivity index (χ1v) is 12.2. The normalized spacial score (nSPS) is 18.8. The molecule has 36 heavy (non-hydrogen) atoms. The Morgan fingerprint density at radius 2 is 1.75 bits per heavy atom. The molecule has 0 bridgehead atoms. The first kappa shape index (κ1) is 27.6. The van der Waals surface area contributed by atoms with Crippen molar-refractivity contribution >= 4 is 33.3 Å². The van der Waals surface area contributed by atoms with E-state index in [-0.39, 0.29) is 40.2 Å². The first-order chi connectivity index (χ1) is 17.0. The summed E-state index contributed by atoms with van der Waals surface area (Å²) < 4.78 is 32.8. The lowest BCUT2D eigenvalue weighted by Gasteiger charge is -2.28. The second kappa shape index (κ2) is 11.4. The van der Waals surface area contributed by atoms with Gasteiger partial charge in [0.1, 0.15) is 24.1 Å². The SMILES string of the molecule is CCCOc1ccc(S(=O)(=O)N(C)C[C@H](O)[C@@H](O)[C@H](O)[C@H](O)CO)cc1C1=NC(=O)C2=NN=NC2=N1. The van der Waals surface area contributed by atoms with E-state index in [4.69, 9.17) is 9.84 Å². The maximum absolute atomic E-state index is 13.2. The van der Waals surface area contributed by atoms with Gasteiger partial charge in [-0.25, -0.2) is 13.4 Å². The monoisotopic (exact) mass is 526 g/mol. The zero-order valence-corrected chi connectivity index (χ0v) is 20.1. The summed E-state index contributed by atoms with van der Waals surface area (Å²) >= 11 is 0. The van der Waals surface area contributed by atoms with Gasteiger partial charge in [0.25, 0.3) is 0 Å². The summed E-state index contributed by atoms with van der Waals surface area (Å²) in [4.78, 5) is 20.0. The highest BCUT2D eigenvalue weighted by atomic mass is 32.2. The molecular formula is C20H26N6O9S. The van der Waals surface area contributed by atoms with Crippen LogP contribution >= 0.6 is 0 Å². The molecule has 0 unspecified atom stereocenters. The molecule has 2 heterocycles. The lowest BCUT2D eigenvalue weighted by atomic mass is 10.0. The molecule has 0 saturated carbocycles. The van der Waals surface area contributed by atoms with Crippen molar-refractivity contribution in [1.29, 1.82) is 0 Å². The van der Waals surface area contributed by atoms with Crippen LogP contribution in [0.25, 0.3) is 0 Å². The minimum Gasteiger partial charge on any atom is -0.493 e. The molecule has 0 fully saturated rings. The Morgan fingerprint density at radius 3 is 2.42 bits per heavy atom. The van der Waals surface area contributed by atoms with Crippen molar-refractivity contribution in [2.75, 3.05) is 26.8 Å². The Hall–Kier alpha value is -2.99. The molecule has 2 aliphatic heterocycles. The molecule has 1 aromatic carbocycles. The molecule has 0 aromatic heterocycles. The first-order valence-electron chi connectivity index (χ1n) is 10.8. The molecule has 1 aromatic rings. The van der Waals surface area contributed by atoms with Crippen LogP contribution in [0.5, 0.6) is 5.75 Å². The lowest BCUT2D eigenvalue weighted by Crippen LogP contribution is -2.49. The van der Waals surface area contributed by atoms with Crippen LogP contribution < -0.4 is 4.74 Å². The molecule has 196 valence electrons. The highest BCUT2D eigenvalue weighted by Gasteiger charge is 2.34. The number of fused-ring (bicyclic) bond motifs is 1. The van der Waals surface area contributed by atoms with Gasteiger partial charge < -0.3 is 30.3 Å². The average Bonchev–Trinajstić information content (AvgIpc) is 3.35. The Balaban J connectivity index is 1.92. The fourth-order valence-electron chi connectivity index (χ4n) is 3.21. The van der Waals surface area contributed by atoms with Gasteiger partial charge in [0, 0.05) is 13.6 Å². The number of aliphatic imine (C=N–C) groups is 2. The van der Waals surface area contributed by atoms with Crippen molar-refractivity contribution in [1.82, 2.24) is 4.31 Å². The number of benzene rings is 1. The summed E-state index contributed by atoms with van der Waals surface area (Å²) in [5.74, 6) is -0.775. The van der Waals surface area contributed by atoms with Gasteiger partial charge in [-0.3, -0.25) is 4.79 Å². The number of carbonyl (C=O) groups is 1. The summed E-state index contributed by atoms with van der Waals surface area (Å²) in [5.41, 5.74) is -0.0543. The number of ether oxygens (including phenoxy) is 1. The predicted octanol–water partition coefficient (Wildman–Crippen LogP) is -1.96. The zero-order chi connectivity index (χ0) is 26.6. The third kappa shape index (κ3) is 5.70. The van der Waals surface area contributed by atoms with Crippen molar-refractivity contribution in [3.8, 4) is 5.75 Å². The van der Waals surface area contributed by atoms with E-state index >= 15 is 0 Å². The smallest absolute Gasteiger partial charge is 0.303 e. The van der Waals surface area contributed by atoms with Crippen molar-refractivity contribution in [3.63, 3.8) is 0 Å². The number of hydrogen-bond acceptors (Lipinski definition) is 13. The summed E-state index contributed by atoms with van der Waals surface area (Å²) in [5, 5.41) is 58.9. The number of aliphatic hydroxyl groups is 5. The molecule has 2 aliphatic rings. The molecule has 0 saturated heterocycles. The van der Waals surface area contributed by atoms with E-state index in [1.165, 1.54) is 18.2 Å². The highest BCUT2D eigenvalue weighted by Crippen LogP contribution is 2.27. The van der Waals surface area contributed by atoms with Crippen LogP contribution in [-0.4, -0.2) is 113 Å². The molecule has 0 spiro atoms. The largest absolute Gasteiger partial charge is 0.493 e. The molecule has 0 radical (unpaired) electrons. The Kier molecular flexibility index (Phi) is 8.72. The third-order valence-electron chi connectivity index (χ3n) is 5.25. The second-order valence-electron chi connectivity index (χ2n) is 7.90. The minimum atomic E-state index is -4.29. The standard InChI is InChI=1S/C20H26N6O9S/c1-3-6-35-14-5-4-10(7-11(14)18-21-19-15(20(32)22-18)23-25-24-19)36(33,34)26(2)8-12(28)16(30)17(31)13(29)9-27/h4-5,7,12-13,16-17,27-31H,3,6,8-9H2,1-2H3/t12-,13+,16+,17+/m0/s1. The van der Waals surface area contributed by atoms with Crippen LogP contribution in [0, 0.1) is 0 Å². The van der Waals surface area contributed by atoms with Crippen LogP contribution in [-0.2, 0) is 14.8 Å². The predicted molar refractivity (Wildman–Crippen MR) is 124 cm³/mol. The third-order valence-corrected chi connectivity index (χ3v) is 7.07. The number of aliphatic hydroxyl groups excluding tert-OH is 5. The van der Waals surface area contributed by atoms with Gasteiger partial charge in [0.2, 0.25) is 21.6 Å². The quantitative estimate of drug-likeness (QED) is 0.203. The number of rotatable bonds is 12. The van der Waals surface area contributed by atoms with Gasteiger partial charge in [-0.15, -0.1) is 10.2 Å². The van der Waals surface area contributed by atoms with E-state index in [1.807, 2.05) is 6.92 Å². The fourth-order valence-corrected chi connectivity index (χ4v) is 4.42. The van der Waals surface area contributed by atoms with Crippen molar-refractivity contribution in [2.24, 2.45) is 25.4 Å². The molecule has 4 atom stereocenters. The molecule has 0 aliphatic carbocycles. The van der Waals surface area contributed by atoms with Crippen molar-refractivity contribution in [2.45, 2.75) is 42.7 Å². The number of likely N-dealkylation sites (N-methyl/N-ethyl adjacent to an activating group) is 1. The van der Waals surface area contributed by atoms with Crippen LogP contribution in [0.2, 0.25) is 0 Å². The number of sulfonamides is 1. The summed E-state index contributed by atoms with van der Waals surface area (Å²) in [6, 6.07) is 3.80. The number of hydrogen-bond donors (Lipinski definition) is 5. The van der Waals surface area contributed by atoms with Gasteiger partial charge in [-0.1, -0.05) is 6.92 Å². The topological polar surface area (TPSA) is 227 Å². The van der Waals surface area contributed by atoms with E-state index in [1.54, 1.807) is 0 Å². The summed E-state index contributed by atoms with van der Waals surface area (Å²) in [7, 11) is -3.16. The maximum Gasteiger partial charge on any atom is 0.303 e. The van der Waals surface area contributed by atoms with E-state index in [2.05, 4.69) is 25.4 Å². The lowest BCUT2D eigenvalue weighted by molar-refractivity contribution is -0.116. The van der Waals surface area contributed by atoms with Crippen LogP contribution in [0.1, 0.15) is 18.9 Å². The van der Waals surface area contributed by atoms with Crippen LogP contribution in [0.3, 0.4) is 0 Å². The van der Waals surface area contributed by atoms with Crippen LogP contribution in [0.4, 0.5) is 0 Å². The molecular weight excluding hydrogens is 500 g/mol. The number of nitrogens with zero attached hydrogens (tertiary/aromatic N) is 6. The highest BCUT2D eigenvalue weighted by molar-refractivity contribution is 7.89. The van der Waals surface area contributed by atoms with Crippen LogP contribution in [0.15, 0.2) is 48.5 Å². The van der Waals surface area contributed by atoms with Gasteiger partial charge in [-0.2, -0.15) is 9.30 Å². The van der Waals surface area contributed by atoms with Crippen molar-refractivity contribution in [3.05, 3.63) is 23.8 Å². The maximum atomic E-state index is 13.2. The van der Waals surface area contributed by atoms with Gasteiger partial charge in [0.15, 0.2) is 5.84 Å². The average molecular weight is 527 g/mol. The van der Waals surface area contributed by atoms with Gasteiger partial charge >= 0.3 is 5.91 Å². The molecule has 15 nitrogen and oxygen atoms in total. The molecule has 1 amide bonds. The van der Waals surface area contributed by atoms with E-state index < -0.39 is 53.5 Å². The fraction of sp³-hybridized carbons (Fsp3) is 0.500. The summed E-state index contributed by atoms with van der Waals surface area (Å²) in [6.45, 7) is 0.617. The van der Waals surface area contributed by atoms with E-state index in [0.29, 0.717) is 6.42 Å². The molecule has 16 heteroatoms. The Bertz CT molecular complexity index is 1230. The zero-order valence-electron chi connectivity index (χ0n) is 19.3. The second-order valence-corrected chi connectivity index (χ2v) is 9.95. The van der Waals surface area contributed by atoms with Gasteiger partial charge in [0.05, 0.1) is 29.8 Å². The number of amidine groups is 2. The van der Waals surface area contributed by atoms with Crippen molar-refractivity contribution < 1.29 is 43.5 Å². The number of amides is 1. The minimum absolute atomic E-state index is 0.0717. The Labute approximate surface area is 205 Å².